The molecule has 18 heavy (non-hydrogen) atoms. The fraction of sp³-hybridized carbons (Fsp3) is 0.667. The molecule has 6 heteroatoms. The van der Waals surface area contributed by atoms with Gasteiger partial charge in [0.25, 0.3) is 0 Å². The lowest BCUT2D eigenvalue weighted by molar-refractivity contribution is -0.0284. The smallest absolute Gasteiger partial charge is 0.0843 e. The molecule has 2 unspecified atom stereocenters. The van der Waals surface area contributed by atoms with Gasteiger partial charge in [-0.15, -0.1) is 11.3 Å². The summed E-state index contributed by atoms with van der Waals surface area (Å²) in [7, 11) is 0. The zero-order chi connectivity index (χ0) is 13.1. The van der Waals surface area contributed by atoms with Crippen LogP contribution < -0.4 is 5.73 Å². The first kappa shape index (κ1) is 14.9. The van der Waals surface area contributed by atoms with Crippen LogP contribution in [0.15, 0.2) is 14.3 Å². The zero-order valence-electron chi connectivity index (χ0n) is 10.4. The van der Waals surface area contributed by atoms with E-state index in [0.29, 0.717) is 18.6 Å². The summed E-state index contributed by atoms with van der Waals surface area (Å²) in [6.07, 6.45) is 1.10. The van der Waals surface area contributed by atoms with E-state index in [9.17, 15) is 0 Å². The molecule has 2 N–H and O–H groups in total. The number of nitrogens with zero attached hydrogens (tertiary/aromatic N) is 1. The molecule has 1 aromatic rings. The molecule has 1 aliphatic heterocycles. The van der Waals surface area contributed by atoms with Crippen LogP contribution in [0.25, 0.3) is 0 Å². The van der Waals surface area contributed by atoms with Gasteiger partial charge in [0.2, 0.25) is 0 Å². The van der Waals surface area contributed by atoms with Crippen LogP contribution >= 0.6 is 43.2 Å². The largest absolute Gasteiger partial charge is 0.378 e. The number of hydrogen-bond donors (Lipinski definition) is 1. The first-order valence-electron chi connectivity index (χ1n) is 6.15. The van der Waals surface area contributed by atoms with Crippen LogP contribution in [0.3, 0.4) is 0 Å². The Bertz CT molecular complexity index is 380. The number of halogens is 2. The zero-order valence-corrected chi connectivity index (χ0v) is 14.4. The number of nitrogens with two attached hydrogens (primary N) is 1. The Morgan fingerprint density at radius 3 is 2.94 bits per heavy atom. The molecule has 1 aromatic heterocycles. The van der Waals surface area contributed by atoms with E-state index >= 15 is 0 Å². The van der Waals surface area contributed by atoms with Crippen molar-refractivity contribution in [3.8, 4) is 0 Å². The van der Waals surface area contributed by atoms with Crippen LogP contribution in [0.1, 0.15) is 24.3 Å². The van der Waals surface area contributed by atoms with E-state index in [1.807, 2.05) is 0 Å². The minimum absolute atomic E-state index is 0.298. The van der Waals surface area contributed by atoms with Crippen molar-refractivity contribution in [1.29, 1.82) is 0 Å². The molecular formula is C12H18Br2N2OS. The van der Waals surface area contributed by atoms with E-state index < -0.39 is 0 Å². The second kappa shape index (κ2) is 6.81. The molecule has 0 saturated carbocycles. The minimum atomic E-state index is 0.298. The summed E-state index contributed by atoms with van der Waals surface area (Å²) in [5.41, 5.74) is 6.01. The van der Waals surface area contributed by atoms with Gasteiger partial charge in [-0.1, -0.05) is 6.92 Å². The molecule has 0 amide bonds. The summed E-state index contributed by atoms with van der Waals surface area (Å²) in [6, 6.07) is 2.95. The average molecular weight is 398 g/mol. The Morgan fingerprint density at radius 2 is 2.39 bits per heavy atom. The lowest BCUT2D eigenvalue weighted by Crippen LogP contribution is -2.48. The summed E-state index contributed by atoms with van der Waals surface area (Å²) in [5.74, 6) is 0. The van der Waals surface area contributed by atoms with Crippen molar-refractivity contribution in [2.75, 3.05) is 26.3 Å². The predicted octanol–water partition coefficient (Wildman–Crippen LogP) is 3.38. The highest BCUT2D eigenvalue weighted by Gasteiger charge is 2.29. The third-order valence-corrected chi connectivity index (χ3v) is 6.72. The summed E-state index contributed by atoms with van der Waals surface area (Å²) in [6.45, 7) is 5.45. The number of rotatable bonds is 4. The molecule has 0 aromatic carbocycles. The lowest BCUT2D eigenvalue weighted by atomic mass is 10.1. The van der Waals surface area contributed by atoms with E-state index in [-0.39, 0.29) is 0 Å². The Labute approximate surface area is 129 Å². The summed E-state index contributed by atoms with van der Waals surface area (Å²) in [5, 5.41) is 0. The van der Waals surface area contributed by atoms with Gasteiger partial charge in [-0.3, -0.25) is 4.90 Å². The fourth-order valence-electron chi connectivity index (χ4n) is 2.37. The van der Waals surface area contributed by atoms with E-state index in [1.54, 1.807) is 11.3 Å². The minimum Gasteiger partial charge on any atom is -0.378 e. The van der Waals surface area contributed by atoms with E-state index in [0.717, 1.165) is 34.4 Å². The first-order valence-corrected chi connectivity index (χ1v) is 8.55. The van der Waals surface area contributed by atoms with Gasteiger partial charge in [-0.2, -0.15) is 0 Å². The van der Waals surface area contributed by atoms with Gasteiger partial charge >= 0.3 is 0 Å². The van der Waals surface area contributed by atoms with Gasteiger partial charge < -0.3 is 10.5 Å². The number of thiophene rings is 1. The second-order valence-corrected chi connectivity index (χ2v) is 7.65. The number of ether oxygens (including phenoxy) is 1. The average Bonchev–Trinajstić information content (AvgIpc) is 2.71. The van der Waals surface area contributed by atoms with Crippen LogP contribution in [-0.4, -0.2) is 37.2 Å². The summed E-state index contributed by atoms with van der Waals surface area (Å²) in [4.78, 5) is 3.81. The molecule has 2 rings (SSSR count). The van der Waals surface area contributed by atoms with E-state index in [1.165, 1.54) is 4.88 Å². The van der Waals surface area contributed by atoms with Crippen LogP contribution in [0.2, 0.25) is 0 Å². The predicted molar refractivity (Wildman–Crippen MR) is 83.1 cm³/mol. The summed E-state index contributed by atoms with van der Waals surface area (Å²) < 4.78 is 7.81. The molecule has 3 nitrogen and oxygen atoms in total. The number of hydrogen-bond acceptors (Lipinski definition) is 4. The second-order valence-electron chi connectivity index (χ2n) is 4.40. The van der Waals surface area contributed by atoms with Crippen molar-refractivity contribution in [3.05, 3.63) is 19.2 Å². The van der Waals surface area contributed by atoms with Gasteiger partial charge in [-0.25, -0.2) is 0 Å². The van der Waals surface area contributed by atoms with Crippen LogP contribution in [0, 0.1) is 0 Å². The third-order valence-electron chi connectivity index (χ3n) is 3.36. The van der Waals surface area contributed by atoms with Crippen LogP contribution in [0.5, 0.6) is 0 Å². The van der Waals surface area contributed by atoms with Crippen molar-refractivity contribution in [3.63, 3.8) is 0 Å². The molecular weight excluding hydrogens is 380 g/mol. The SMILES string of the molecule is CCC1COCCN1C(CN)c1cc(Br)c(Br)s1. The van der Waals surface area contributed by atoms with Crippen molar-refractivity contribution >= 4 is 43.2 Å². The molecule has 1 aliphatic rings. The van der Waals surface area contributed by atoms with Crippen molar-refractivity contribution in [1.82, 2.24) is 4.90 Å². The molecule has 0 radical (unpaired) electrons. The Morgan fingerprint density at radius 1 is 1.61 bits per heavy atom. The van der Waals surface area contributed by atoms with Crippen molar-refractivity contribution in [2.24, 2.45) is 5.73 Å². The highest BCUT2D eigenvalue weighted by Crippen LogP contribution is 2.38. The molecule has 0 spiro atoms. The fourth-order valence-corrected chi connectivity index (χ4v) is 4.60. The van der Waals surface area contributed by atoms with Gasteiger partial charge in [0, 0.05) is 28.5 Å². The molecule has 102 valence electrons. The third kappa shape index (κ3) is 3.16. The van der Waals surface area contributed by atoms with Crippen molar-refractivity contribution < 1.29 is 4.74 Å². The maximum absolute atomic E-state index is 6.01. The number of morpholine rings is 1. The molecule has 2 heterocycles. The van der Waals surface area contributed by atoms with Gasteiger partial charge in [0.1, 0.15) is 0 Å². The Hall–Kier alpha value is 0.540. The first-order chi connectivity index (χ1) is 8.67. The highest BCUT2D eigenvalue weighted by atomic mass is 79.9. The normalized spacial score (nSPS) is 23.2. The van der Waals surface area contributed by atoms with Gasteiger partial charge in [-0.05, 0) is 44.3 Å². The highest BCUT2D eigenvalue weighted by molar-refractivity contribution is 9.13. The Kier molecular flexibility index (Phi) is 5.65. The van der Waals surface area contributed by atoms with Gasteiger partial charge in [0.05, 0.1) is 23.0 Å². The maximum atomic E-state index is 6.01. The molecule has 0 bridgehead atoms. The van der Waals surface area contributed by atoms with Crippen LogP contribution in [0.4, 0.5) is 0 Å². The van der Waals surface area contributed by atoms with Crippen molar-refractivity contribution in [2.45, 2.75) is 25.4 Å². The Balaban J connectivity index is 2.21. The lowest BCUT2D eigenvalue weighted by Gasteiger charge is -2.40. The standard InChI is InChI=1S/C12H18Br2N2OS/c1-2-8-7-17-4-3-16(8)10(6-15)11-5-9(13)12(14)18-11/h5,8,10H,2-4,6-7,15H2,1H3. The molecule has 0 aliphatic carbocycles. The maximum Gasteiger partial charge on any atom is 0.0843 e. The molecule has 1 fully saturated rings. The molecule has 2 atom stereocenters. The topological polar surface area (TPSA) is 38.5 Å². The van der Waals surface area contributed by atoms with Gasteiger partial charge in [0.15, 0.2) is 0 Å². The van der Waals surface area contributed by atoms with E-state index in [2.05, 4.69) is 49.7 Å². The summed E-state index contributed by atoms with van der Waals surface area (Å²) >= 11 is 8.87. The monoisotopic (exact) mass is 396 g/mol. The quantitative estimate of drug-likeness (QED) is 0.846. The molecule has 1 saturated heterocycles. The van der Waals surface area contributed by atoms with Crippen LogP contribution in [-0.2, 0) is 4.74 Å². The van der Waals surface area contributed by atoms with E-state index in [4.69, 9.17) is 10.5 Å².